The average molecular weight is 633 g/mol. The van der Waals surface area contributed by atoms with Gasteiger partial charge < -0.3 is 9.13 Å². The summed E-state index contributed by atoms with van der Waals surface area (Å²) < 4.78 is 4.35. The zero-order valence-electron chi connectivity index (χ0n) is 29.3. The molecule has 7 aromatic rings. The van der Waals surface area contributed by atoms with Crippen LogP contribution in [0.15, 0.2) is 107 Å². The lowest BCUT2D eigenvalue weighted by Crippen LogP contribution is -2.15. The normalized spacial score (nSPS) is 12.2. The first-order chi connectivity index (χ1) is 22.9. The van der Waals surface area contributed by atoms with E-state index in [1.807, 2.05) is 24.3 Å². The molecule has 0 radical (unpaired) electrons. The summed E-state index contributed by atoms with van der Waals surface area (Å²) in [5.74, 6) is 1.39. The number of pyridine rings is 2. The van der Waals surface area contributed by atoms with E-state index in [-0.39, 0.29) is 10.9 Å². The molecule has 4 heteroatoms. The number of hydrogen-bond donors (Lipinski definition) is 0. The molecule has 0 spiro atoms. The van der Waals surface area contributed by atoms with E-state index in [1.165, 1.54) is 11.1 Å². The van der Waals surface area contributed by atoms with Crippen LogP contribution in [0.2, 0.25) is 0 Å². The van der Waals surface area contributed by atoms with Crippen LogP contribution in [0.5, 0.6) is 0 Å². The van der Waals surface area contributed by atoms with Gasteiger partial charge in [0.1, 0.15) is 0 Å². The molecule has 2 heterocycles. The third-order valence-electron chi connectivity index (χ3n) is 10.1. The summed E-state index contributed by atoms with van der Waals surface area (Å²) in [5.41, 5.74) is 9.84. The highest BCUT2D eigenvalue weighted by molar-refractivity contribution is 6.05. The Morgan fingerprint density at radius 3 is 0.958 bits per heavy atom. The maximum atomic E-state index is 14.5. The van der Waals surface area contributed by atoms with Crippen LogP contribution >= 0.6 is 0 Å². The molecule has 7 rings (SSSR count). The van der Waals surface area contributed by atoms with E-state index in [4.69, 9.17) is 0 Å². The van der Waals surface area contributed by atoms with Crippen molar-refractivity contribution >= 4 is 43.6 Å². The summed E-state index contributed by atoms with van der Waals surface area (Å²) in [5, 5.41) is 2.51. The largest absolute Gasteiger partial charge is 0.309 e. The van der Waals surface area contributed by atoms with E-state index in [9.17, 15) is 9.59 Å². The monoisotopic (exact) mass is 632 g/mol. The minimum atomic E-state index is -0.0301. The molecule has 0 aliphatic heterocycles. The SMILES string of the molecule is CC(C)c1ccc(-n2c3cc(C(C)C)ccc3c(=O)c3cc4c(cc32)c(=O)c2ccc(C(C)C)cc2n4-c2ccc(C(C)C)cc2)cc1. The molecule has 0 N–H and O–H groups in total. The van der Waals surface area contributed by atoms with Gasteiger partial charge in [0.25, 0.3) is 0 Å². The van der Waals surface area contributed by atoms with Gasteiger partial charge in [-0.25, -0.2) is 0 Å². The fraction of sp³-hybridized carbons (Fsp3) is 0.273. The second kappa shape index (κ2) is 11.9. The average Bonchev–Trinajstić information content (AvgIpc) is 3.08. The standard InChI is InChI=1S/C44H44N2O2/c1-25(2)29-9-15-33(16-10-29)45-39-21-31(27(5)6)13-19-35(39)43(47)37-24-42-38(23-41(37)45)44(48)36-20-14-32(28(7)8)22-40(36)46(42)34-17-11-30(12-18-34)26(3)4/h9-28H,1-8H3. The molecule has 242 valence electrons. The van der Waals surface area contributed by atoms with Crippen LogP contribution in [-0.2, 0) is 0 Å². The Morgan fingerprint density at radius 2 is 0.646 bits per heavy atom. The van der Waals surface area contributed by atoms with Crippen molar-refractivity contribution in [3.63, 3.8) is 0 Å². The zero-order valence-corrected chi connectivity index (χ0v) is 29.3. The lowest BCUT2D eigenvalue weighted by Gasteiger charge is -2.21. The van der Waals surface area contributed by atoms with Crippen molar-refractivity contribution in [1.82, 2.24) is 9.13 Å². The van der Waals surface area contributed by atoms with Crippen LogP contribution in [0.3, 0.4) is 0 Å². The van der Waals surface area contributed by atoms with Gasteiger partial charge in [0.05, 0.1) is 22.1 Å². The van der Waals surface area contributed by atoms with Crippen molar-refractivity contribution in [3.05, 3.63) is 140 Å². The van der Waals surface area contributed by atoms with Crippen LogP contribution < -0.4 is 10.9 Å². The Morgan fingerprint density at radius 1 is 0.354 bits per heavy atom. The molecule has 0 atom stereocenters. The third kappa shape index (κ3) is 5.15. The van der Waals surface area contributed by atoms with Crippen molar-refractivity contribution in [3.8, 4) is 11.4 Å². The third-order valence-corrected chi connectivity index (χ3v) is 10.1. The summed E-state index contributed by atoms with van der Waals surface area (Å²) in [6.07, 6.45) is 0. The van der Waals surface area contributed by atoms with E-state index in [0.29, 0.717) is 45.2 Å². The Labute approximate surface area is 282 Å². The molecule has 0 aliphatic carbocycles. The smallest absolute Gasteiger partial charge is 0.197 e. The number of hydrogen-bond acceptors (Lipinski definition) is 2. The zero-order chi connectivity index (χ0) is 34.0. The number of rotatable bonds is 6. The number of aromatic nitrogens is 2. The van der Waals surface area contributed by atoms with Gasteiger partial charge in [0.15, 0.2) is 10.9 Å². The maximum Gasteiger partial charge on any atom is 0.197 e. The van der Waals surface area contributed by atoms with Gasteiger partial charge in [0, 0.05) is 32.9 Å². The minimum Gasteiger partial charge on any atom is -0.309 e. The van der Waals surface area contributed by atoms with E-state index >= 15 is 0 Å². The van der Waals surface area contributed by atoms with Crippen molar-refractivity contribution in [1.29, 1.82) is 0 Å². The first-order valence-corrected chi connectivity index (χ1v) is 17.3. The second-order valence-electron chi connectivity index (χ2n) is 14.6. The molecule has 0 bridgehead atoms. The van der Waals surface area contributed by atoms with Crippen molar-refractivity contribution < 1.29 is 0 Å². The van der Waals surface area contributed by atoms with Crippen LogP contribution in [0.4, 0.5) is 0 Å². The van der Waals surface area contributed by atoms with Gasteiger partial charge >= 0.3 is 0 Å². The minimum absolute atomic E-state index is 0.0301. The molecule has 0 amide bonds. The quantitative estimate of drug-likeness (QED) is 0.171. The van der Waals surface area contributed by atoms with E-state index < -0.39 is 0 Å². The number of benzene rings is 5. The molecule has 48 heavy (non-hydrogen) atoms. The topological polar surface area (TPSA) is 44.0 Å². The van der Waals surface area contributed by atoms with Crippen LogP contribution in [0.25, 0.3) is 55.0 Å². The van der Waals surface area contributed by atoms with E-state index in [1.54, 1.807) is 0 Å². The molecule has 2 aromatic heterocycles. The molecule has 0 unspecified atom stereocenters. The summed E-state index contributed by atoms with van der Waals surface area (Å²) in [6, 6.07) is 33.5. The molecule has 0 fully saturated rings. The van der Waals surface area contributed by atoms with Gasteiger partial charge in [-0.3, -0.25) is 9.59 Å². The summed E-state index contributed by atoms with van der Waals surface area (Å²) in [6.45, 7) is 17.4. The number of fused-ring (bicyclic) bond motifs is 4. The Bertz CT molecular complexity index is 2300. The number of nitrogens with zero attached hydrogens (tertiary/aromatic N) is 2. The molecule has 0 saturated heterocycles. The molecule has 4 nitrogen and oxygen atoms in total. The Hall–Kier alpha value is -4.96. The van der Waals surface area contributed by atoms with Gasteiger partial charge in [-0.2, -0.15) is 0 Å². The molecule has 0 saturated carbocycles. The van der Waals surface area contributed by atoms with E-state index in [2.05, 4.69) is 137 Å². The predicted octanol–water partition coefficient (Wildman–Crippen LogP) is 11.1. The summed E-state index contributed by atoms with van der Waals surface area (Å²) in [7, 11) is 0. The molecule has 0 aliphatic rings. The summed E-state index contributed by atoms with van der Waals surface area (Å²) in [4.78, 5) is 29.0. The second-order valence-corrected chi connectivity index (χ2v) is 14.6. The van der Waals surface area contributed by atoms with Crippen molar-refractivity contribution in [2.75, 3.05) is 0 Å². The lowest BCUT2D eigenvalue weighted by atomic mass is 9.97. The fourth-order valence-electron chi connectivity index (χ4n) is 7.00. The van der Waals surface area contributed by atoms with Crippen molar-refractivity contribution in [2.24, 2.45) is 0 Å². The molecular formula is C44H44N2O2. The van der Waals surface area contributed by atoms with Crippen molar-refractivity contribution in [2.45, 2.75) is 79.1 Å². The van der Waals surface area contributed by atoms with Crippen LogP contribution in [-0.4, -0.2) is 9.13 Å². The fourth-order valence-corrected chi connectivity index (χ4v) is 7.00. The first-order valence-electron chi connectivity index (χ1n) is 17.3. The van der Waals surface area contributed by atoms with Gasteiger partial charge in [-0.05, 0) is 107 Å². The molecular weight excluding hydrogens is 588 g/mol. The maximum absolute atomic E-state index is 14.5. The first kappa shape index (κ1) is 31.6. The highest BCUT2D eigenvalue weighted by Gasteiger charge is 2.20. The Balaban J connectivity index is 1.67. The molecule has 5 aromatic carbocycles. The van der Waals surface area contributed by atoms with Gasteiger partial charge in [-0.1, -0.05) is 91.8 Å². The lowest BCUT2D eigenvalue weighted by molar-refractivity contribution is 0.864. The van der Waals surface area contributed by atoms with E-state index in [0.717, 1.165) is 44.6 Å². The summed E-state index contributed by atoms with van der Waals surface area (Å²) >= 11 is 0. The highest BCUT2D eigenvalue weighted by Crippen LogP contribution is 2.33. The highest BCUT2D eigenvalue weighted by atomic mass is 16.1. The van der Waals surface area contributed by atoms with Gasteiger partial charge in [-0.15, -0.1) is 0 Å². The van der Waals surface area contributed by atoms with Gasteiger partial charge in [0.2, 0.25) is 0 Å². The van der Waals surface area contributed by atoms with Crippen LogP contribution in [0, 0.1) is 0 Å². The Kier molecular flexibility index (Phi) is 7.86. The predicted molar refractivity (Wildman–Crippen MR) is 204 cm³/mol. The van der Waals surface area contributed by atoms with Crippen LogP contribution in [0.1, 0.15) is 101 Å².